The van der Waals surface area contributed by atoms with Gasteiger partial charge in [0.25, 0.3) is 0 Å². The summed E-state index contributed by atoms with van der Waals surface area (Å²) in [7, 11) is 1.70. The van der Waals surface area contributed by atoms with Crippen LogP contribution < -0.4 is 5.32 Å². The molecule has 2 aromatic carbocycles. The molecule has 1 saturated heterocycles. The molecule has 0 saturated carbocycles. The van der Waals surface area contributed by atoms with E-state index in [1.54, 1.807) is 7.11 Å². The van der Waals surface area contributed by atoms with E-state index in [9.17, 15) is 4.79 Å². The second-order valence-corrected chi connectivity index (χ2v) is 9.70. The molecule has 1 unspecified atom stereocenters. The highest BCUT2D eigenvalue weighted by Gasteiger charge is 2.46. The zero-order chi connectivity index (χ0) is 23.3. The third kappa shape index (κ3) is 5.46. The highest BCUT2D eigenvalue weighted by molar-refractivity contribution is 6.30. The van der Waals surface area contributed by atoms with E-state index < -0.39 is 5.41 Å². The predicted octanol–water partition coefficient (Wildman–Crippen LogP) is 7.13. The van der Waals surface area contributed by atoms with Gasteiger partial charge in [-0.25, -0.2) is 0 Å². The van der Waals surface area contributed by atoms with Gasteiger partial charge in [-0.1, -0.05) is 66.5 Å². The van der Waals surface area contributed by atoms with E-state index in [1.165, 1.54) is 0 Å². The summed E-state index contributed by atoms with van der Waals surface area (Å²) >= 11 is 12.4. The first-order chi connectivity index (χ1) is 15.3. The quantitative estimate of drug-likeness (QED) is 0.395. The maximum atomic E-state index is 13.2. The number of allylic oxidation sites excluding steroid dienone is 1. The van der Waals surface area contributed by atoms with Gasteiger partial charge in [-0.15, -0.1) is 13.2 Å². The standard InChI is InChI=1S/C27H31Cl2NO2/c1-5-14-27(3)17-23(20-8-7-9-22(29)15-20)25(30-26(27)31)18(6-2)16-24(32-4)19-10-12-21(28)13-11-19/h5-13,15,18,23-25H,1-2,14,16-17H2,3-4H3,(H,30,31)/t18?,23-,24+,25+,27+/m1/s1. The number of carbonyl (C=O) groups excluding carboxylic acids is 1. The lowest BCUT2D eigenvalue weighted by Crippen LogP contribution is -2.55. The molecule has 1 amide bonds. The van der Waals surface area contributed by atoms with Gasteiger partial charge >= 0.3 is 0 Å². The molecule has 1 N–H and O–H groups in total. The van der Waals surface area contributed by atoms with Gasteiger partial charge in [0, 0.05) is 35.0 Å². The van der Waals surface area contributed by atoms with Gasteiger partial charge in [-0.3, -0.25) is 4.79 Å². The number of hydrogen-bond acceptors (Lipinski definition) is 2. The van der Waals surface area contributed by atoms with Gasteiger partial charge in [0.2, 0.25) is 5.91 Å². The Morgan fingerprint density at radius 3 is 2.50 bits per heavy atom. The van der Waals surface area contributed by atoms with Crippen molar-refractivity contribution in [3.8, 4) is 0 Å². The van der Waals surface area contributed by atoms with E-state index in [0.717, 1.165) is 11.1 Å². The zero-order valence-corrected chi connectivity index (χ0v) is 20.2. The number of piperidine rings is 1. The van der Waals surface area contributed by atoms with E-state index in [2.05, 4.69) is 24.5 Å². The molecule has 0 bridgehead atoms. The zero-order valence-electron chi connectivity index (χ0n) is 18.7. The SMILES string of the molecule is C=CC[C@@]1(C)C[C@H](c2cccc(Cl)c2)[C@H](C(C=C)C[C@H](OC)c2ccc(Cl)cc2)NC1=O. The molecule has 1 aliphatic heterocycles. The van der Waals surface area contributed by atoms with Crippen LogP contribution in [0.1, 0.15) is 49.3 Å². The highest BCUT2D eigenvalue weighted by Crippen LogP contribution is 2.45. The maximum absolute atomic E-state index is 13.2. The summed E-state index contributed by atoms with van der Waals surface area (Å²) in [6.07, 6.45) is 5.61. The van der Waals surface area contributed by atoms with Crippen molar-refractivity contribution in [1.82, 2.24) is 5.32 Å². The molecule has 0 spiro atoms. The topological polar surface area (TPSA) is 38.3 Å². The van der Waals surface area contributed by atoms with Gasteiger partial charge in [0.15, 0.2) is 0 Å². The van der Waals surface area contributed by atoms with Crippen LogP contribution in [-0.2, 0) is 9.53 Å². The molecule has 5 heteroatoms. The first-order valence-corrected chi connectivity index (χ1v) is 11.6. The summed E-state index contributed by atoms with van der Waals surface area (Å²) in [4.78, 5) is 13.2. The third-order valence-corrected chi connectivity index (χ3v) is 7.09. The molecule has 3 nitrogen and oxygen atoms in total. The minimum atomic E-state index is -0.520. The van der Waals surface area contributed by atoms with E-state index >= 15 is 0 Å². The number of benzene rings is 2. The van der Waals surface area contributed by atoms with Crippen LogP contribution >= 0.6 is 23.2 Å². The summed E-state index contributed by atoms with van der Waals surface area (Å²) in [5.41, 5.74) is 1.64. The lowest BCUT2D eigenvalue weighted by atomic mass is 9.66. The summed E-state index contributed by atoms with van der Waals surface area (Å²) in [5.74, 6) is 0.131. The van der Waals surface area contributed by atoms with Crippen LogP contribution in [0.4, 0.5) is 0 Å². The summed E-state index contributed by atoms with van der Waals surface area (Å²) in [6, 6.07) is 15.5. The lowest BCUT2D eigenvalue weighted by Gasteiger charge is -2.45. The summed E-state index contributed by atoms with van der Waals surface area (Å²) in [5, 5.41) is 4.70. The first kappa shape index (κ1) is 24.6. The van der Waals surface area contributed by atoms with Crippen LogP contribution in [0.15, 0.2) is 73.8 Å². The minimum absolute atomic E-state index is 0.00293. The number of methoxy groups -OCH3 is 1. The molecule has 1 heterocycles. The van der Waals surface area contributed by atoms with Crippen molar-refractivity contribution in [2.75, 3.05) is 7.11 Å². The predicted molar refractivity (Wildman–Crippen MR) is 133 cm³/mol. The van der Waals surface area contributed by atoms with Crippen molar-refractivity contribution in [3.63, 3.8) is 0 Å². The lowest BCUT2D eigenvalue weighted by molar-refractivity contribution is -0.135. The number of carbonyl (C=O) groups is 1. The molecule has 0 radical (unpaired) electrons. The Balaban J connectivity index is 1.94. The Kier molecular flexibility index (Phi) is 8.21. The van der Waals surface area contributed by atoms with E-state index in [0.29, 0.717) is 29.3 Å². The van der Waals surface area contributed by atoms with E-state index in [-0.39, 0.29) is 29.9 Å². The van der Waals surface area contributed by atoms with Crippen LogP contribution in [0.25, 0.3) is 0 Å². The number of hydrogen-bond donors (Lipinski definition) is 1. The Labute approximate surface area is 201 Å². The second kappa shape index (κ2) is 10.7. The van der Waals surface area contributed by atoms with Gasteiger partial charge in [-0.05, 0) is 54.7 Å². The van der Waals surface area contributed by atoms with Crippen LogP contribution in [0.5, 0.6) is 0 Å². The fourth-order valence-electron chi connectivity index (χ4n) is 4.78. The smallest absolute Gasteiger partial charge is 0.226 e. The van der Waals surface area contributed by atoms with E-state index in [1.807, 2.05) is 61.5 Å². The number of amides is 1. The maximum Gasteiger partial charge on any atom is 0.226 e. The van der Waals surface area contributed by atoms with Crippen LogP contribution in [0, 0.1) is 11.3 Å². The Bertz CT molecular complexity index is 958. The molecular formula is C27H31Cl2NO2. The molecule has 170 valence electrons. The monoisotopic (exact) mass is 471 g/mol. The van der Waals surface area contributed by atoms with Crippen molar-refractivity contribution in [3.05, 3.63) is 95.0 Å². The summed E-state index contributed by atoms with van der Waals surface area (Å²) in [6.45, 7) is 9.97. The van der Waals surface area contributed by atoms with Gasteiger partial charge in [0.1, 0.15) is 0 Å². The molecule has 1 aliphatic rings. The first-order valence-electron chi connectivity index (χ1n) is 10.9. The van der Waals surface area contributed by atoms with Crippen LogP contribution in [-0.4, -0.2) is 19.1 Å². The van der Waals surface area contributed by atoms with E-state index in [4.69, 9.17) is 27.9 Å². The average Bonchev–Trinajstić information content (AvgIpc) is 2.77. The largest absolute Gasteiger partial charge is 0.377 e. The third-order valence-electron chi connectivity index (χ3n) is 6.60. The number of rotatable bonds is 9. The van der Waals surface area contributed by atoms with Crippen molar-refractivity contribution in [1.29, 1.82) is 0 Å². The molecule has 0 aromatic heterocycles. The van der Waals surface area contributed by atoms with Crippen molar-refractivity contribution < 1.29 is 9.53 Å². The molecule has 5 atom stereocenters. The van der Waals surface area contributed by atoms with Crippen LogP contribution in [0.2, 0.25) is 10.0 Å². The Hall–Kier alpha value is -2.07. The fourth-order valence-corrected chi connectivity index (χ4v) is 5.10. The molecular weight excluding hydrogens is 441 g/mol. The van der Waals surface area contributed by atoms with Crippen LogP contribution in [0.3, 0.4) is 0 Å². The fraction of sp³-hybridized carbons (Fsp3) is 0.370. The molecule has 1 fully saturated rings. The molecule has 2 aromatic rings. The molecule has 32 heavy (non-hydrogen) atoms. The highest BCUT2D eigenvalue weighted by atomic mass is 35.5. The van der Waals surface area contributed by atoms with Crippen molar-refractivity contribution >= 4 is 29.1 Å². The number of nitrogens with one attached hydrogen (secondary N) is 1. The van der Waals surface area contributed by atoms with Gasteiger partial charge < -0.3 is 10.1 Å². The number of halogens is 2. The van der Waals surface area contributed by atoms with Crippen molar-refractivity contribution in [2.24, 2.45) is 11.3 Å². The minimum Gasteiger partial charge on any atom is -0.377 e. The normalized spacial score (nSPS) is 24.9. The average molecular weight is 472 g/mol. The molecule has 0 aliphatic carbocycles. The van der Waals surface area contributed by atoms with Crippen molar-refractivity contribution in [2.45, 2.75) is 44.2 Å². The Morgan fingerprint density at radius 1 is 1.19 bits per heavy atom. The molecule has 3 rings (SSSR count). The number of ether oxygens (including phenoxy) is 1. The Morgan fingerprint density at radius 2 is 1.91 bits per heavy atom. The summed E-state index contributed by atoms with van der Waals surface area (Å²) < 4.78 is 5.83. The second-order valence-electron chi connectivity index (χ2n) is 8.83. The van der Waals surface area contributed by atoms with Gasteiger partial charge in [-0.2, -0.15) is 0 Å². The van der Waals surface area contributed by atoms with Gasteiger partial charge in [0.05, 0.1) is 11.5 Å².